The number of methoxy groups -OCH3 is 1. The molecule has 2 aliphatic rings. The SMILES string of the molecule is COc1ccc2c(c1)[C@H](OCC(F)(F)F)C[C@H]1CC(=O)C=C21. The monoisotopic (exact) mass is 312 g/mol. The molecule has 2 aliphatic carbocycles. The summed E-state index contributed by atoms with van der Waals surface area (Å²) in [7, 11) is 1.50. The van der Waals surface area contributed by atoms with Gasteiger partial charge in [0.15, 0.2) is 5.78 Å². The average Bonchev–Trinajstić information content (AvgIpc) is 2.83. The minimum Gasteiger partial charge on any atom is -0.497 e. The predicted molar refractivity (Wildman–Crippen MR) is 73.5 cm³/mol. The van der Waals surface area contributed by atoms with E-state index in [0.717, 1.165) is 11.1 Å². The van der Waals surface area contributed by atoms with Gasteiger partial charge in [-0.05, 0) is 47.2 Å². The van der Waals surface area contributed by atoms with Crippen LogP contribution in [0.15, 0.2) is 24.3 Å². The Hall–Kier alpha value is -1.82. The second kappa shape index (κ2) is 5.43. The highest BCUT2D eigenvalue weighted by Crippen LogP contribution is 2.48. The van der Waals surface area contributed by atoms with E-state index in [2.05, 4.69) is 0 Å². The molecule has 0 bridgehead atoms. The van der Waals surface area contributed by atoms with Gasteiger partial charge in [0, 0.05) is 6.42 Å². The third-order valence-electron chi connectivity index (χ3n) is 4.07. The van der Waals surface area contributed by atoms with Crippen molar-refractivity contribution in [2.45, 2.75) is 25.1 Å². The molecule has 3 nitrogen and oxygen atoms in total. The van der Waals surface area contributed by atoms with Crippen molar-refractivity contribution in [3.8, 4) is 5.75 Å². The Morgan fingerprint density at radius 1 is 1.32 bits per heavy atom. The van der Waals surface area contributed by atoms with E-state index in [0.29, 0.717) is 24.2 Å². The van der Waals surface area contributed by atoms with Crippen LogP contribution >= 0.6 is 0 Å². The van der Waals surface area contributed by atoms with Gasteiger partial charge in [0.1, 0.15) is 12.4 Å². The number of hydrogen-bond acceptors (Lipinski definition) is 3. The lowest BCUT2D eigenvalue weighted by Crippen LogP contribution is -2.24. The summed E-state index contributed by atoms with van der Waals surface area (Å²) in [6.45, 7) is -1.30. The zero-order valence-corrected chi connectivity index (χ0v) is 11.9. The smallest absolute Gasteiger partial charge is 0.411 e. The van der Waals surface area contributed by atoms with Gasteiger partial charge in [-0.2, -0.15) is 13.2 Å². The van der Waals surface area contributed by atoms with Gasteiger partial charge in [-0.3, -0.25) is 4.79 Å². The van der Waals surface area contributed by atoms with Crippen LogP contribution in [0.3, 0.4) is 0 Å². The Bertz CT molecular complexity index is 634. The van der Waals surface area contributed by atoms with Crippen LogP contribution in [0.25, 0.3) is 5.57 Å². The first-order valence-electron chi connectivity index (χ1n) is 6.98. The standard InChI is InChI=1S/C16H15F3O3/c1-21-11-2-3-12-13-6-10(20)4-9(13)5-15(14(12)7-11)22-8-16(17,18)19/h2-3,6-7,9,15H,4-5,8H2,1H3/t9-,15-/m1/s1. The largest absolute Gasteiger partial charge is 0.497 e. The molecule has 3 rings (SSSR count). The topological polar surface area (TPSA) is 35.5 Å². The zero-order chi connectivity index (χ0) is 15.9. The van der Waals surface area contributed by atoms with Crippen molar-refractivity contribution >= 4 is 11.4 Å². The van der Waals surface area contributed by atoms with Gasteiger partial charge in [-0.15, -0.1) is 0 Å². The van der Waals surface area contributed by atoms with E-state index in [9.17, 15) is 18.0 Å². The summed E-state index contributed by atoms with van der Waals surface area (Å²) < 4.78 is 47.6. The predicted octanol–water partition coefficient (Wildman–Crippen LogP) is 3.69. The fraction of sp³-hybridized carbons (Fsp3) is 0.438. The van der Waals surface area contributed by atoms with Crippen LogP contribution in [0.4, 0.5) is 13.2 Å². The number of halogens is 3. The third-order valence-corrected chi connectivity index (χ3v) is 4.07. The zero-order valence-electron chi connectivity index (χ0n) is 11.9. The molecule has 0 amide bonds. The Balaban J connectivity index is 1.96. The highest BCUT2D eigenvalue weighted by Gasteiger charge is 2.38. The summed E-state index contributed by atoms with van der Waals surface area (Å²) >= 11 is 0. The summed E-state index contributed by atoms with van der Waals surface area (Å²) in [5.41, 5.74) is 2.34. The molecule has 0 N–H and O–H groups in total. The molecule has 0 aromatic heterocycles. The first-order valence-corrected chi connectivity index (χ1v) is 6.98. The molecular formula is C16H15F3O3. The van der Waals surface area contributed by atoms with Crippen LogP contribution in [0.2, 0.25) is 0 Å². The Labute approximate surface area is 125 Å². The second-order valence-corrected chi connectivity index (χ2v) is 5.57. The van der Waals surface area contributed by atoms with Crippen molar-refractivity contribution in [1.82, 2.24) is 0 Å². The van der Waals surface area contributed by atoms with E-state index < -0.39 is 18.9 Å². The van der Waals surface area contributed by atoms with E-state index in [4.69, 9.17) is 9.47 Å². The van der Waals surface area contributed by atoms with Gasteiger partial charge in [0.25, 0.3) is 0 Å². The molecule has 0 spiro atoms. The van der Waals surface area contributed by atoms with Crippen molar-refractivity contribution < 1.29 is 27.4 Å². The van der Waals surface area contributed by atoms with Gasteiger partial charge >= 0.3 is 6.18 Å². The maximum atomic E-state index is 12.4. The number of ether oxygens (including phenoxy) is 2. The summed E-state index contributed by atoms with van der Waals surface area (Å²) in [4.78, 5) is 11.6. The number of carbonyl (C=O) groups is 1. The Kier molecular flexibility index (Phi) is 3.72. The number of alkyl halides is 3. The molecule has 118 valence electrons. The highest BCUT2D eigenvalue weighted by atomic mass is 19.4. The van der Waals surface area contributed by atoms with Crippen LogP contribution < -0.4 is 4.74 Å². The molecule has 22 heavy (non-hydrogen) atoms. The van der Waals surface area contributed by atoms with Gasteiger partial charge in [-0.1, -0.05) is 6.07 Å². The molecule has 0 saturated carbocycles. The molecule has 0 aliphatic heterocycles. The molecule has 0 unspecified atom stereocenters. The number of fused-ring (bicyclic) bond motifs is 3. The second-order valence-electron chi connectivity index (χ2n) is 5.57. The van der Waals surface area contributed by atoms with Crippen LogP contribution in [0.1, 0.15) is 30.1 Å². The van der Waals surface area contributed by atoms with Crippen molar-refractivity contribution in [3.05, 3.63) is 35.4 Å². The van der Waals surface area contributed by atoms with Crippen LogP contribution in [0.5, 0.6) is 5.75 Å². The fourth-order valence-corrected chi connectivity index (χ4v) is 3.15. The van der Waals surface area contributed by atoms with Crippen molar-refractivity contribution in [2.75, 3.05) is 13.7 Å². The normalized spacial score (nSPS) is 23.8. The quantitative estimate of drug-likeness (QED) is 0.854. The minimum absolute atomic E-state index is 0.0123. The molecule has 6 heteroatoms. The fourth-order valence-electron chi connectivity index (χ4n) is 3.15. The lowest BCUT2D eigenvalue weighted by Gasteiger charge is -2.31. The van der Waals surface area contributed by atoms with E-state index in [1.165, 1.54) is 7.11 Å². The molecule has 1 aromatic carbocycles. The maximum Gasteiger partial charge on any atom is 0.411 e. The number of allylic oxidation sites excluding steroid dienone is 2. The number of carbonyl (C=O) groups excluding carboxylic acids is 1. The molecule has 0 fully saturated rings. The Morgan fingerprint density at radius 3 is 2.77 bits per heavy atom. The maximum absolute atomic E-state index is 12.4. The number of benzene rings is 1. The van der Waals surface area contributed by atoms with Gasteiger partial charge in [-0.25, -0.2) is 0 Å². The first-order chi connectivity index (χ1) is 10.4. The Morgan fingerprint density at radius 2 is 2.09 bits per heavy atom. The molecule has 0 heterocycles. The lowest BCUT2D eigenvalue weighted by atomic mass is 9.79. The summed E-state index contributed by atoms with van der Waals surface area (Å²) in [5.74, 6) is 0.507. The van der Waals surface area contributed by atoms with Crippen LogP contribution in [-0.2, 0) is 9.53 Å². The number of hydrogen-bond donors (Lipinski definition) is 0. The van der Waals surface area contributed by atoms with Gasteiger partial charge in [0.2, 0.25) is 0 Å². The number of ketones is 1. The van der Waals surface area contributed by atoms with Crippen molar-refractivity contribution in [2.24, 2.45) is 5.92 Å². The summed E-state index contributed by atoms with van der Waals surface area (Å²) in [6, 6.07) is 5.22. The molecular weight excluding hydrogens is 297 g/mol. The highest BCUT2D eigenvalue weighted by molar-refractivity contribution is 6.03. The van der Waals surface area contributed by atoms with Crippen molar-refractivity contribution in [3.63, 3.8) is 0 Å². The minimum atomic E-state index is -4.37. The molecule has 0 radical (unpaired) electrons. The van der Waals surface area contributed by atoms with Gasteiger partial charge < -0.3 is 9.47 Å². The molecule has 0 saturated heterocycles. The summed E-state index contributed by atoms with van der Waals surface area (Å²) in [6.07, 6.45) is -2.74. The number of rotatable bonds is 3. The average molecular weight is 312 g/mol. The van der Waals surface area contributed by atoms with Gasteiger partial charge in [0.05, 0.1) is 13.2 Å². The van der Waals surface area contributed by atoms with Crippen LogP contribution in [-0.4, -0.2) is 25.7 Å². The van der Waals surface area contributed by atoms with E-state index in [1.807, 2.05) is 0 Å². The molecule has 2 atom stereocenters. The van der Waals surface area contributed by atoms with E-state index in [1.54, 1.807) is 24.3 Å². The first kappa shape index (κ1) is 15.1. The lowest BCUT2D eigenvalue weighted by molar-refractivity contribution is -0.187. The van der Waals surface area contributed by atoms with Crippen LogP contribution in [0, 0.1) is 5.92 Å². The van der Waals surface area contributed by atoms with E-state index >= 15 is 0 Å². The molecule has 1 aromatic rings. The van der Waals surface area contributed by atoms with E-state index in [-0.39, 0.29) is 11.7 Å². The van der Waals surface area contributed by atoms with Crippen molar-refractivity contribution in [1.29, 1.82) is 0 Å². The summed E-state index contributed by atoms with van der Waals surface area (Å²) in [5, 5.41) is 0. The third kappa shape index (κ3) is 2.88.